The number of thiazole rings is 1. The van der Waals surface area contributed by atoms with Gasteiger partial charge in [0.1, 0.15) is 11.5 Å². The van der Waals surface area contributed by atoms with Crippen molar-refractivity contribution < 1.29 is 14.0 Å². The van der Waals surface area contributed by atoms with Crippen molar-refractivity contribution in [3.05, 3.63) is 28.3 Å². The van der Waals surface area contributed by atoms with Gasteiger partial charge < -0.3 is 14.6 Å². The minimum Gasteiger partial charge on any atom is -0.458 e. The molecule has 2 aromatic rings. The van der Waals surface area contributed by atoms with Crippen molar-refractivity contribution in [3.8, 4) is 11.5 Å². The van der Waals surface area contributed by atoms with Crippen LogP contribution in [0.15, 0.2) is 21.9 Å². The smallest absolute Gasteiger partial charge is 0.281 e. The number of thioether (sulfide) groups is 1. The summed E-state index contributed by atoms with van der Waals surface area (Å²) >= 11 is 2.88. The first-order valence-corrected chi connectivity index (χ1v) is 9.18. The number of carbonyl (C=O) groups is 2. The van der Waals surface area contributed by atoms with Gasteiger partial charge in [-0.15, -0.1) is 11.3 Å². The maximum absolute atomic E-state index is 11.9. The summed E-state index contributed by atoms with van der Waals surface area (Å²) < 4.78 is 5.69. The Bertz CT molecular complexity index is 710. The maximum Gasteiger partial charge on any atom is 0.281 e. The van der Waals surface area contributed by atoms with E-state index in [2.05, 4.69) is 10.3 Å². The van der Waals surface area contributed by atoms with E-state index >= 15 is 0 Å². The normalized spacial score (nSPS) is 14.5. The number of carbonyl (C=O) groups excluding carboxylic acids is 2. The van der Waals surface area contributed by atoms with Crippen LogP contribution in [0.5, 0.6) is 0 Å². The summed E-state index contributed by atoms with van der Waals surface area (Å²) in [6.45, 7) is 3.48. The fraction of sp³-hybridized carbons (Fsp3) is 0.400. The summed E-state index contributed by atoms with van der Waals surface area (Å²) in [5, 5.41) is 5.81. The molecule has 6 nitrogen and oxygen atoms in total. The Hall–Kier alpha value is -1.80. The number of aromatic nitrogens is 1. The Morgan fingerprint density at radius 3 is 3.04 bits per heavy atom. The fourth-order valence-electron chi connectivity index (χ4n) is 2.23. The van der Waals surface area contributed by atoms with Gasteiger partial charge in [0.25, 0.3) is 5.24 Å². The number of hydrogen-bond acceptors (Lipinski definition) is 6. The van der Waals surface area contributed by atoms with Crippen LogP contribution in [-0.2, 0) is 11.3 Å². The van der Waals surface area contributed by atoms with Crippen LogP contribution in [0.2, 0.25) is 0 Å². The average molecular weight is 351 g/mol. The fourth-order valence-corrected chi connectivity index (χ4v) is 3.68. The molecule has 8 heteroatoms. The van der Waals surface area contributed by atoms with Crippen molar-refractivity contribution in [2.24, 2.45) is 0 Å². The minimum absolute atomic E-state index is 0.0621. The minimum atomic E-state index is -0.0860. The second kappa shape index (κ2) is 7.18. The lowest BCUT2D eigenvalue weighted by Crippen LogP contribution is -2.30. The van der Waals surface area contributed by atoms with Crippen LogP contribution in [0.25, 0.3) is 11.5 Å². The van der Waals surface area contributed by atoms with Crippen molar-refractivity contribution in [2.45, 2.75) is 19.9 Å². The third-order valence-electron chi connectivity index (χ3n) is 3.45. The number of furan rings is 1. The van der Waals surface area contributed by atoms with Crippen molar-refractivity contribution >= 4 is 34.2 Å². The highest BCUT2D eigenvalue weighted by Crippen LogP contribution is 2.23. The molecule has 2 amide bonds. The van der Waals surface area contributed by atoms with Gasteiger partial charge in [-0.3, -0.25) is 9.59 Å². The van der Waals surface area contributed by atoms with Crippen LogP contribution in [-0.4, -0.2) is 39.9 Å². The maximum atomic E-state index is 11.9. The van der Waals surface area contributed by atoms with E-state index in [0.717, 1.165) is 23.0 Å². The second-order valence-electron chi connectivity index (χ2n) is 5.15. The lowest BCUT2D eigenvalue weighted by Gasteiger charge is -2.13. The van der Waals surface area contributed by atoms with Gasteiger partial charge in [-0.1, -0.05) is 11.8 Å². The molecule has 0 bridgehead atoms. The Labute approximate surface area is 142 Å². The molecule has 1 N–H and O–H groups in total. The highest BCUT2D eigenvalue weighted by atomic mass is 32.2. The molecule has 3 heterocycles. The number of nitrogens with zero attached hydrogens (tertiary/aromatic N) is 2. The lowest BCUT2D eigenvalue weighted by molar-refractivity contribution is -0.121. The Balaban J connectivity index is 1.46. The van der Waals surface area contributed by atoms with E-state index in [1.165, 1.54) is 11.8 Å². The summed E-state index contributed by atoms with van der Waals surface area (Å²) in [7, 11) is 0. The van der Waals surface area contributed by atoms with Crippen LogP contribution in [0.3, 0.4) is 0 Å². The molecule has 1 aliphatic heterocycles. The molecule has 1 saturated heterocycles. The van der Waals surface area contributed by atoms with Crippen LogP contribution >= 0.6 is 23.1 Å². The lowest BCUT2D eigenvalue weighted by atomic mass is 10.3. The van der Waals surface area contributed by atoms with Crippen LogP contribution in [0.4, 0.5) is 4.79 Å². The van der Waals surface area contributed by atoms with Gasteiger partial charge in [0.2, 0.25) is 5.91 Å². The van der Waals surface area contributed by atoms with E-state index in [4.69, 9.17) is 4.42 Å². The third kappa shape index (κ3) is 4.14. The molecule has 0 spiro atoms. The van der Waals surface area contributed by atoms with E-state index in [1.807, 2.05) is 24.4 Å². The molecule has 1 aliphatic rings. The summed E-state index contributed by atoms with van der Waals surface area (Å²) in [6, 6.07) is 3.70. The summed E-state index contributed by atoms with van der Waals surface area (Å²) in [6.07, 6.45) is 0.311. The van der Waals surface area contributed by atoms with E-state index < -0.39 is 0 Å². The molecule has 0 aliphatic carbocycles. The number of aryl methyl sites for hydroxylation is 1. The number of amides is 2. The first-order valence-electron chi connectivity index (χ1n) is 7.31. The van der Waals surface area contributed by atoms with Crippen molar-refractivity contribution in [1.82, 2.24) is 15.2 Å². The molecule has 0 atom stereocenters. The zero-order valence-corrected chi connectivity index (χ0v) is 14.3. The Morgan fingerprint density at radius 2 is 2.35 bits per heavy atom. The molecule has 3 rings (SSSR count). The van der Waals surface area contributed by atoms with E-state index in [0.29, 0.717) is 31.0 Å². The third-order valence-corrected chi connectivity index (χ3v) is 5.11. The topological polar surface area (TPSA) is 75.4 Å². The molecule has 23 heavy (non-hydrogen) atoms. The van der Waals surface area contributed by atoms with E-state index in [-0.39, 0.29) is 11.1 Å². The van der Waals surface area contributed by atoms with Gasteiger partial charge in [-0.2, -0.15) is 0 Å². The molecule has 0 saturated carbocycles. The molecule has 0 aromatic carbocycles. The number of hydrogen-bond donors (Lipinski definition) is 1. The largest absolute Gasteiger partial charge is 0.458 e. The van der Waals surface area contributed by atoms with Crippen LogP contribution in [0.1, 0.15) is 17.2 Å². The van der Waals surface area contributed by atoms with Gasteiger partial charge in [-0.05, 0) is 19.1 Å². The zero-order valence-electron chi connectivity index (χ0n) is 12.7. The number of nitrogens with one attached hydrogen (secondary N) is 1. The Kier molecular flexibility index (Phi) is 5.02. The van der Waals surface area contributed by atoms with Crippen molar-refractivity contribution in [3.63, 3.8) is 0 Å². The molecule has 0 radical (unpaired) electrons. The number of rotatable bonds is 6. The highest BCUT2D eigenvalue weighted by Gasteiger charge is 2.21. The molecule has 0 unspecified atom stereocenters. The highest BCUT2D eigenvalue weighted by molar-refractivity contribution is 8.13. The van der Waals surface area contributed by atoms with Gasteiger partial charge in [0.05, 0.1) is 11.6 Å². The summed E-state index contributed by atoms with van der Waals surface area (Å²) in [5.41, 5.74) is 0.815. The molecule has 122 valence electrons. The van der Waals surface area contributed by atoms with Gasteiger partial charge >= 0.3 is 0 Å². The molecular formula is C15H17N3O3S2. The van der Waals surface area contributed by atoms with Gasteiger partial charge in [0, 0.05) is 30.6 Å². The molecule has 1 fully saturated rings. The predicted octanol–water partition coefficient (Wildman–Crippen LogP) is 2.89. The second-order valence-corrected chi connectivity index (χ2v) is 7.25. The van der Waals surface area contributed by atoms with Crippen LogP contribution in [0, 0.1) is 6.92 Å². The van der Waals surface area contributed by atoms with Crippen molar-refractivity contribution in [2.75, 3.05) is 18.8 Å². The first-order chi connectivity index (χ1) is 11.1. The van der Waals surface area contributed by atoms with Gasteiger partial charge in [0.15, 0.2) is 5.76 Å². The standard InChI is InChI=1S/C15H17N3O3S2/c1-10-17-12(9-23-10)13-3-2-11(21-13)8-16-14(19)4-5-18-6-7-22-15(18)20/h2-3,9H,4-8H2,1H3,(H,16,19). The average Bonchev–Trinajstić information content (AvgIpc) is 3.24. The summed E-state index contributed by atoms with van der Waals surface area (Å²) in [5.74, 6) is 2.12. The first kappa shape index (κ1) is 16.1. The van der Waals surface area contributed by atoms with Crippen LogP contribution < -0.4 is 5.32 Å². The quantitative estimate of drug-likeness (QED) is 0.866. The zero-order chi connectivity index (χ0) is 16.2. The van der Waals surface area contributed by atoms with Crippen molar-refractivity contribution in [1.29, 1.82) is 0 Å². The SMILES string of the molecule is Cc1nc(-c2ccc(CNC(=O)CCN3CCSC3=O)o2)cs1. The summed E-state index contributed by atoms with van der Waals surface area (Å²) in [4.78, 5) is 29.4. The Morgan fingerprint density at radius 1 is 1.48 bits per heavy atom. The monoisotopic (exact) mass is 351 g/mol. The predicted molar refractivity (Wildman–Crippen MR) is 90.4 cm³/mol. The van der Waals surface area contributed by atoms with Gasteiger partial charge in [-0.25, -0.2) is 4.98 Å². The van der Waals surface area contributed by atoms with E-state index in [1.54, 1.807) is 16.2 Å². The van der Waals surface area contributed by atoms with E-state index in [9.17, 15) is 9.59 Å². The molecule has 2 aromatic heterocycles. The molecular weight excluding hydrogens is 334 g/mol.